The van der Waals surface area contributed by atoms with Crippen LogP contribution in [0, 0.1) is 0 Å². The molecule has 218 valence electrons. The summed E-state index contributed by atoms with van der Waals surface area (Å²) in [5.41, 5.74) is 2.68. The van der Waals surface area contributed by atoms with Crippen LogP contribution in [0.2, 0.25) is 0 Å². The van der Waals surface area contributed by atoms with Gasteiger partial charge in [0.15, 0.2) is 11.5 Å². The van der Waals surface area contributed by atoms with Gasteiger partial charge in [-0.05, 0) is 58.2 Å². The van der Waals surface area contributed by atoms with Gasteiger partial charge in [-0.25, -0.2) is 19.3 Å². The van der Waals surface area contributed by atoms with E-state index in [0.717, 1.165) is 43.9 Å². The quantitative estimate of drug-likeness (QED) is 0.272. The van der Waals surface area contributed by atoms with Crippen molar-refractivity contribution in [1.82, 2.24) is 33.8 Å². The Labute approximate surface area is 244 Å². The molecule has 0 amide bonds. The Morgan fingerprint density at radius 1 is 1.10 bits per heavy atom. The Hall–Kier alpha value is -4.48. The van der Waals surface area contributed by atoms with Gasteiger partial charge in [0.1, 0.15) is 11.0 Å². The number of allylic oxidation sites excluding steroid dienone is 1. The van der Waals surface area contributed by atoms with Crippen LogP contribution < -0.4 is 15.8 Å². The van der Waals surface area contributed by atoms with E-state index >= 15 is 0 Å². The van der Waals surface area contributed by atoms with E-state index in [0.29, 0.717) is 28.5 Å². The highest BCUT2D eigenvalue weighted by atomic mass is 16.3. The van der Waals surface area contributed by atoms with Gasteiger partial charge in [-0.2, -0.15) is 4.98 Å². The van der Waals surface area contributed by atoms with Crippen molar-refractivity contribution in [3.8, 4) is 5.82 Å². The summed E-state index contributed by atoms with van der Waals surface area (Å²) < 4.78 is 5.43. The highest BCUT2D eigenvalue weighted by molar-refractivity contribution is 5.96. The number of anilines is 3. The number of pyridine rings is 1. The maximum Gasteiger partial charge on any atom is 0.278 e. The van der Waals surface area contributed by atoms with E-state index in [1.807, 2.05) is 6.07 Å². The van der Waals surface area contributed by atoms with E-state index in [4.69, 9.17) is 4.98 Å². The first-order valence-electron chi connectivity index (χ1n) is 14.3. The summed E-state index contributed by atoms with van der Waals surface area (Å²) in [6, 6.07) is 11.8. The second kappa shape index (κ2) is 10.7. The predicted molar refractivity (Wildman–Crippen MR) is 167 cm³/mol. The smallest absolute Gasteiger partial charge is 0.278 e. The first kappa shape index (κ1) is 27.7. The Balaban J connectivity index is 1.46. The molecule has 2 N–H and O–H groups in total. The van der Waals surface area contributed by atoms with E-state index in [1.165, 1.54) is 15.8 Å². The summed E-state index contributed by atoms with van der Waals surface area (Å²) in [6.45, 7) is 14.4. The van der Waals surface area contributed by atoms with Crippen LogP contribution in [0.25, 0.3) is 27.8 Å². The van der Waals surface area contributed by atoms with Crippen LogP contribution in [-0.4, -0.2) is 72.1 Å². The molecule has 1 aliphatic rings. The monoisotopic (exact) mass is 567 g/mol. The molecule has 5 heterocycles. The van der Waals surface area contributed by atoms with E-state index in [-0.39, 0.29) is 12.1 Å². The van der Waals surface area contributed by atoms with Gasteiger partial charge >= 0.3 is 0 Å². The van der Waals surface area contributed by atoms with Crippen molar-refractivity contribution >= 4 is 39.3 Å². The average molecular weight is 568 g/mol. The zero-order valence-corrected chi connectivity index (χ0v) is 24.6. The van der Waals surface area contributed by atoms with Crippen molar-refractivity contribution in [2.24, 2.45) is 0 Å². The molecular formula is C31H37N9O2. The van der Waals surface area contributed by atoms with Gasteiger partial charge in [-0.15, -0.1) is 6.58 Å². The Kier molecular flexibility index (Phi) is 7.07. The lowest BCUT2D eigenvalue weighted by atomic mass is 10.1. The van der Waals surface area contributed by atoms with Gasteiger partial charge in [0, 0.05) is 61.9 Å². The highest BCUT2D eigenvalue weighted by Gasteiger charge is 2.23. The van der Waals surface area contributed by atoms with Crippen LogP contribution in [0.3, 0.4) is 0 Å². The average Bonchev–Trinajstić information content (AvgIpc) is 3.51. The zero-order chi connectivity index (χ0) is 29.6. The molecule has 4 aromatic heterocycles. The lowest BCUT2D eigenvalue weighted by Gasteiger charge is -2.34. The van der Waals surface area contributed by atoms with Gasteiger partial charge in [-0.1, -0.05) is 12.1 Å². The summed E-state index contributed by atoms with van der Waals surface area (Å²) >= 11 is 0. The Morgan fingerprint density at radius 2 is 1.88 bits per heavy atom. The number of piperazine rings is 1. The van der Waals surface area contributed by atoms with E-state index in [9.17, 15) is 9.90 Å². The molecule has 0 aliphatic carbocycles. The SMILES string of the molecule is C=CCn1c(=O)c2cnc(Nc3cc(N4CCN(C)CC4)c4ccn(CC)c4c3)nc2n1-c1cccc(C(C)(C)O)n1. The van der Waals surface area contributed by atoms with E-state index in [1.54, 1.807) is 42.9 Å². The summed E-state index contributed by atoms with van der Waals surface area (Å²) in [4.78, 5) is 32.2. The number of nitrogens with one attached hydrogen (secondary N) is 1. The van der Waals surface area contributed by atoms with Crippen LogP contribution in [-0.2, 0) is 18.7 Å². The van der Waals surface area contributed by atoms with Crippen LogP contribution in [0.1, 0.15) is 26.5 Å². The molecular weight excluding hydrogens is 530 g/mol. The molecule has 5 aromatic rings. The third-order valence-corrected chi connectivity index (χ3v) is 7.86. The number of rotatable bonds is 8. The van der Waals surface area contributed by atoms with Crippen LogP contribution in [0.15, 0.2) is 66.2 Å². The number of aromatic nitrogens is 6. The number of nitrogens with zero attached hydrogens (tertiary/aromatic N) is 8. The van der Waals surface area contributed by atoms with Crippen molar-refractivity contribution in [3.63, 3.8) is 0 Å². The second-order valence-electron chi connectivity index (χ2n) is 11.3. The minimum Gasteiger partial charge on any atom is -0.384 e. The highest BCUT2D eigenvalue weighted by Crippen LogP contribution is 2.33. The van der Waals surface area contributed by atoms with Gasteiger partial charge in [-0.3, -0.25) is 4.79 Å². The van der Waals surface area contributed by atoms with E-state index in [2.05, 4.69) is 74.6 Å². The molecule has 1 aromatic carbocycles. The zero-order valence-electron chi connectivity index (χ0n) is 24.6. The Morgan fingerprint density at radius 3 is 2.60 bits per heavy atom. The first-order chi connectivity index (χ1) is 20.2. The number of hydrogen-bond donors (Lipinski definition) is 2. The van der Waals surface area contributed by atoms with Gasteiger partial charge < -0.3 is 24.8 Å². The summed E-state index contributed by atoms with van der Waals surface area (Å²) in [5.74, 6) is 0.830. The molecule has 0 saturated carbocycles. The molecule has 0 spiro atoms. The molecule has 1 fully saturated rings. The van der Waals surface area contributed by atoms with Crippen LogP contribution >= 0.6 is 0 Å². The maximum atomic E-state index is 13.4. The maximum absolute atomic E-state index is 13.4. The number of fused-ring (bicyclic) bond motifs is 2. The van der Waals surface area contributed by atoms with Gasteiger partial charge in [0.25, 0.3) is 5.56 Å². The van der Waals surface area contributed by atoms with Crippen molar-refractivity contribution in [1.29, 1.82) is 0 Å². The predicted octanol–water partition coefficient (Wildman–Crippen LogP) is 3.86. The molecule has 0 radical (unpaired) electrons. The largest absolute Gasteiger partial charge is 0.384 e. The van der Waals surface area contributed by atoms with Crippen molar-refractivity contribution in [3.05, 3.63) is 77.5 Å². The third-order valence-electron chi connectivity index (χ3n) is 7.86. The number of benzene rings is 1. The Bertz CT molecular complexity index is 1840. The minimum absolute atomic E-state index is 0.244. The molecule has 0 atom stereocenters. The van der Waals surface area contributed by atoms with Gasteiger partial charge in [0.05, 0.1) is 17.8 Å². The lowest BCUT2D eigenvalue weighted by Crippen LogP contribution is -2.44. The summed E-state index contributed by atoms with van der Waals surface area (Å²) in [5, 5.41) is 15.6. The fourth-order valence-corrected chi connectivity index (χ4v) is 5.55. The fourth-order valence-electron chi connectivity index (χ4n) is 5.55. The third kappa shape index (κ3) is 4.94. The molecule has 1 aliphatic heterocycles. The number of aryl methyl sites for hydroxylation is 1. The number of likely N-dealkylation sites (N-methyl/N-ethyl adjacent to an activating group) is 1. The molecule has 11 heteroatoms. The molecule has 11 nitrogen and oxygen atoms in total. The fraction of sp³-hybridized carbons (Fsp3) is 0.355. The first-order valence-corrected chi connectivity index (χ1v) is 14.3. The van der Waals surface area contributed by atoms with Crippen molar-refractivity contribution < 1.29 is 5.11 Å². The number of hydrogen-bond acceptors (Lipinski definition) is 8. The minimum atomic E-state index is -1.15. The normalized spacial score (nSPS) is 14.6. The lowest BCUT2D eigenvalue weighted by molar-refractivity contribution is 0.0738. The molecule has 0 unspecified atom stereocenters. The van der Waals surface area contributed by atoms with Crippen molar-refractivity contribution in [2.75, 3.05) is 43.4 Å². The molecule has 0 bridgehead atoms. The summed E-state index contributed by atoms with van der Waals surface area (Å²) in [7, 11) is 2.16. The van der Waals surface area contributed by atoms with Crippen LogP contribution in [0.5, 0.6) is 0 Å². The summed E-state index contributed by atoms with van der Waals surface area (Å²) in [6.07, 6.45) is 5.34. The molecule has 42 heavy (non-hydrogen) atoms. The van der Waals surface area contributed by atoms with Crippen molar-refractivity contribution in [2.45, 2.75) is 39.5 Å². The molecule has 6 rings (SSSR count). The number of aliphatic hydroxyl groups is 1. The second-order valence-corrected chi connectivity index (χ2v) is 11.3. The van der Waals surface area contributed by atoms with E-state index < -0.39 is 5.60 Å². The van der Waals surface area contributed by atoms with Gasteiger partial charge in [0.2, 0.25) is 5.95 Å². The standard InChI is InChI=1S/C31H37N9O2/c1-6-12-39-29(41)23-20-32-30(35-28(23)40(39)27-10-8-9-26(34-27)31(3,4)42)33-21-18-24-22(11-13-37(24)7-2)25(19-21)38-16-14-36(5)15-17-38/h6,8-11,13,18-20,42H,1,7,12,14-17H2,2-5H3,(H,32,33,35). The van der Waals surface area contributed by atoms with Crippen LogP contribution in [0.4, 0.5) is 17.3 Å². The topological polar surface area (TPSA) is 109 Å². The molecule has 1 saturated heterocycles.